The van der Waals surface area contributed by atoms with Crippen LogP contribution in [0.15, 0.2) is 35.2 Å². The Bertz CT molecular complexity index is 539. The number of hydrogen-bond acceptors (Lipinski definition) is 3. The molecule has 0 fully saturated rings. The van der Waals surface area contributed by atoms with Crippen LogP contribution in [0, 0.1) is 0 Å². The fourth-order valence-electron chi connectivity index (χ4n) is 1.81. The maximum Gasteiger partial charge on any atom is 0.122 e. The summed E-state index contributed by atoms with van der Waals surface area (Å²) in [6.45, 7) is 2.06. The highest BCUT2D eigenvalue weighted by Gasteiger charge is 2.12. The van der Waals surface area contributed by atoms with Crippen molar-refractivity contribution in [2.24, 2.45) is 5.73 Å². The minimum atomic E-state index is -0.0162. The highest BCUT2D eigenvalue weighted by molar-refractivity contribution is 9.10. The summed E-state index contributed by atoms with van der Waals surface area (Å²) in [7, 11) is 1.65. The largest absolute Gasteiger partial charge is 0.497 e. The fraction of sp³-hybridized carbons (Fsp3) is 0.308. The van der Waals surface area contributed by atoms with E-state index in [9.17, 15) is 0 Å². The molecule has 1 heterocycles. The van der Waals surface area contributed by atoms with Gasteiger partial charge in [0, 0.05) is 16.6 Å². The van der Waals surface area contributed by atoms with Crippen molar-refractivity contribution in [2.75, 3.05) is 7.11 Å². The molecule has 0 unspecified atom stereocenters. The summed E-state index contributed by atoms with van der Waals surface area (Å²) in [5.74, 6) is 0.795. The molecule has 1 aromatic heterocycles. The highest BCUT2D eigenvalue weighted by atomic mass is 79.9. The molecule has 0 amide bonds. The van der Waals surface area contributed by atoms with Crippen LogP contribution in [0.1, 0.15) is 25.1 Å². The second-order valence-corrected chi connectivity index (χ2v) is 4.97. The van der Waals surface area contributed by atoms with Crippen molar-refractivity contribution in [3.8, 4) is 11.4 Å². The van der Waals surface area contributed by atoms with E-state index in [1.54, 1.807) is 13.4 Å². The predicted octanol–water partition coefficient (Wildman–Crippen LogP) is 3.05. The number of ether oxygens (including phenoxy) is 1. The zero-order chi connectivity index (χ0) is 13.1. The molecule has 4 nitrogen and oxygen atoms in total. The third-order valence-corrected chi connectivity index (χ3v) is 3.31. The molecule has 0 aliphatic rings. The first-order chi connectivity index (χ1) is 8.65. The molecule has 0 saturated heterocycles. The molecule has 0 spiro atoms. The van der Waals surface area contributed by atoms with E-state index < -0.39 is 0 Å². The topological polar surface area (TPSA) is 53.1 Å². The van der Waals surface area contributed by atoms with Crippen LogP contribution in [0.25, 0.3) is 5.69 Å². The van der Waals surface area contributed by atoms with Crippen molar-refractivity contribution in [2.45, 2.75) is 19.4 Å². The molecular weight excluding hydrogens is 294 g/mol. The van der Waals surface area contributed by atoms with Gasteiger partial charge in [0.05, 0.1) is 31.0 Å². The van der Waals surface area contributed by atoms with Gasteiger partial charge in [-0.05, 0) is 18.6 Å². The van der Waals surface area contributed by atoms with Crippen LogP contribution in [0.5, 0.6) is 5.75 Å². The van der Waals surface area contributed by atoms with Gasteiger partial charge in [0.2, 0.25) is 0 Å². The molecular formula is C13H16BrN3O. The van der Waals surface area contributed by atoms with Crippen molar-refractivity contribution in [3.63, 3.8) is 0 Å². The van der Waals surface area contributed by atoms with E-state index in [1.807, 2.05) is 29.0 Å². The number of nitrogens with zero attached hydrogens (tertiary/aromatic N) is 2. The molecule has 1 aromatic carbocycles. The molecule has 5 heteroatoms. The molecule has 96 valence electrons. The number of aromatic nitrogens is 2. The lowest BCUT2D eigenvalue weighted by molar-refractivity contribution is 0.414. The van der Waals surface area contributed by atoms with Gasteiger partial charge in [-0.1, -0.05) is 22.9 Å². The summed E-state index contributed by atoms with van der Waals surface area (Å²) in [6.07, 6.45) is 4.45. The molecule has 2 rings (SSSR count). The van der Waals surface area contributed by atoms with Crippen molar-refractivity contribution in [1.82, 2.24) is 9.55 Å². The predicted molar refractivity (Wildman–Crippen MR) is 75.0 cm³/mol. The van der Waals surface area contributed by atoms with Gasteiger partial charge in [0.1, 0.15) is 5.75 Å². The van der Waals surface area contributed by atoms with Crippen molar-refractivity contribution in [3.05, 3.63) is 40.9 Å². The minimum absolute atomic E-state index is 0.0162. The lowest BCUT2D eigenvalue weighted by Gasteiger charge is -2.14. The van der Waals surface area contributed by atoms with Gasteiger partial charge in [-0.2, -0.15) is 0 Å². The summed E-state index contributed by atoms with van der Waals surface area (Å²) < 4.78 is 8.21. The van der Waals surface area contributed by atoms with E-state index in [0.29, 0.717) is 0 Å². The van der Waals surface area contributed by atoms with Crippen molar-refractivity contribution in [1.29, 1.82) is 0 Å². The number of nitrogens with two attached hydrogens (primary N) is 1. The normalized spacial score (nSPS) is 12.4. The van der Waals surface area contributed by atoms with Gasteiger partial charge in [-0.15, -0.1) is 0 Å². The van der Waals surface area contributed by atoms with Gasteiger partial charge in [0.15, 0.2) is 0 Å². The van der Waals surface area contributed by atoms with E-state index >= 15 is 0 Å². The Morgan fingerprint density at radius 2 is 2.22 bits per heavy atom. The first kappa shape index (κ1) is 13.1. The summed E-state index contributed by atoms with van der Waals surface area (Å²) in [4.78, 5) is 4.18. The number of benzene rings is 1. The first-order valence-electron chi connectivity index (χ1n) is 5.78. The van der Waals surface area contributed by atoms with Gasteiger partial charge in [0.25, 0.3) is 0 Å². The molecule has 0 bridgehead atoms. The van der Waals surface area contributed by atoms with E-state index in [4.69, 9.17) is 10.5 Å². The van der Waals surface area contributed by atoms with Crippen molar-refractivity contribution >= 4 is 15.9 Å². The van der Waals surface area contributed by atoms with Gasteiger partial charge in [-0.3, -0.25) is 0 Å². The lowest BCUT2D eigenvalue weighted by Crippen LogP contribution is -2.13. The monoisotopic (exact) mass is 309 g/mol. The van der Waals surface area contributed by atoms with Gasteiger partial charge in [-0.25, -0.2) is 4.98 Å². The van der Waals surface area contributed by atoms with E-state index in [1.165, 1.54) is 0 Å². The maximum absolute atomic E-state index is 6.08. The summed E-state index contributed by atoms with van der Waals surface area (Å²) >= 11 is 3.47. The Morgan fingerprint density at radius 1 is 1.44 bits per heavy atom. The zero-order valence-electron chi connectivity index (χ0n) is 10.4. The summed E-state index contributed by atoms with van der Waals surface area (Å²) in [5, 5.41) is 0. The van der Waals surface area contributed by atoms with Crippen LogP contribution in [0.3, 0.4) is 0 Å². The Kier molecular flexibility index (Phi) is 4.04. The van der Waals surface area contributed by atoms with Crippen LogP contribution in [-0.2, 0) is 0 Å². The number of halogens is 1. The summed E-state index contributed by atoms with van der Waals surface area (Å²) in [5.41, 5.74) is 8.06. The Labute approximate surface area is 115 Å². The van der Waals surface area contributed by atoms with Crippen LogP contribution in [0.2, 0.25) is 0 Å². The first-order valence-corrected chi connectivity index (χ1v) is 6.57. The van der Waals surface area contributed by atoms with Gasteiger partial charge >= 0.3 is 0 Å². The molecule has 0 radical (unpaired) electrons. The summed E-state index contributed by atoms with van der Waals surface area (Å²) in [6, 6.07) is 5.87. The average Bonchev–Trinajstić information content (AvgIpc) is 2.86. The van der Waals surface area contributed by atoms with E-state index in [0.717, 1.165) is 28.0 Å². The van der Waals surface area contributed by atoms with Crippen LogP contribution >= 0.6 is 15.9 Å². The second kappa shape index (κ2) is 5.54. The van der Waals surface area contributed by atoms with Crippen LogP contribution in [0.4, 0.5) is 0 Å². The van der Waals surface area contributed by atoms with Gasteiger partial charge < -0.3 is 15.0 Å². The third-order valence-electron chi connectivity index (χ3n) is 2.86. The average molecular weight is 310 g/mol. The van der Waals surface area contributed by atoms with Crippen LogP contribution < -0.4 is 10.5 Å². The number of rotatable bonds is 4. The Balaban J connectivity index is 2.48. The molecule has 0 aliphatic heterocycles. The molecule has 0 saturated carbocycles. The minimum Gasteiger partial charge on any atom is -0.497 e. The molecule has 2 N–H and O–H groups in total. The Morgan fingerprint density at radius 3 is 2.89 bits per heavy atom. The van der Waals surface area contributed by atoms with Crippen molar-refractivity contribution < 1.29 is 4.74 Å². The van der Waals surface area contributed by atoms with E-state index in [2.05, 4.69) is 27.8 Å². The molecule has 0 aliphatic carbocycles. The number of imidazole rings is 1. The standard InChI is InChI=1S/C13H16BrN3O/c1-3-12(15)13-7-16-8-17(13)10-4-9(14)5-11(6-10)18-2/h4-8,12H,3,15H2,1-2H3/t12-/m1/s1. The molecule has 18 heavy (non-hydrogen) atoms. The zero-order valence-corrected chi connectivity index (χ0v) is 12.0. The Hall–Kier alpha value is -1.33. The number of methoxy groups -OCH3 is 1. The molecule has 2 aromatic rings. The third kappa shape index (κ3) is 2.57. The quantitative estimate of drug-likeness (QED) is 0.944. The lowest BCUT2D eigenvalue weighted by atomic mass is 10.2. The maximum atomic E-state index is 6.08. The number of hydrogen-bond donors (Lipinski definition) is 1. The second-order valence-electron chi connectivity index (χ2n) is 4.05. The van der Waals surface area contributed by atoms with E-state index in [-0.39, 0.29) is 6.04 Å². The highest BCUT2D eigenvalue weighted by Crippen LogP contribution is 2.26. The fourth-order valence-corrected chi connectivity index (χ4v) is 2.27. The SMILES string of the molecule is CC[C@@H](N)c1cncn1-c1cc(Br)cc(OC)c1. The molecule has 1 atom stereocenters. The van der Waals surface area contributed by atoms with Crippen LogP contribution in [-0.4, -0.2) is 16.7 Å². The smallest absolute Gasteiger partial charge is 0.122 e.